The van der Waals surface area contributed by atoms with Crippen LogP contribution in [0.5, 0.6) is 5.75 Å². The maximum atomic E-state index is 11.5. The van der Waals surface area contributed by atoms with E-state index in [0.29, 0.717) is 12.3 Å². The van der Waals surface area contributed by atoms with Crippen molar-refractivity contribution in [2.45, 2.75) is 13.0 Å². The van der Waals surface area contributed by atoms with Crippen molar-refractivity contribution in [3.05, 3.63) is 30.3 Å². The molecular weight excluding hydrogens is 192 g/mol. The summed E-state index contributed by atoms with van der Waals surface area (Å²) in [6.07, 6.45) is -0.390. The van der Waals surface area contributed by atoms with E-state index in [1.54, 1.807) is 19.2 Å². The van der Waals surface area contributed by atoms with Gasteiger partial charge >= 0.3 is 6.09 Å². The van der Waals surface area contributed by atoms with E-state index in [0.717, 1.165) is 0 Å². The molecule has 0 radical (unpaired) electrons. The van der Waals surface area contributed by atoms with E-state index in [1.165, 1.54) is 4.90 Å². The molecule has 0 spiro atoms. The van der Waals surface area contributed by atoms with E-state index in [4.69, 9.17) is 10.5 Å². The molecule has 0 bridgehead atoms. The fourth-order valence-electron chi connectivity index (χ4n) is 1.17. The second kappa shape index (κ2) is 5.36. The van der Waals surface area contributed by atoms with Gasteiger partial charge in [0.1, 0.15) is 5.75 Å². The highest BCUT2D eigenvalue weighted by Gasteiger charge is 2.11. The molecule has 0 aliphatic rings. The highest BCUT2D eigenvalue weighted by molar-refractivity contribution is 5.70. The summed E-state index contributed by atoms with van der Waals surface area (Å²) in [5.41, 5.74) is 5.58. The minimum Gasteiger partial charge on any atom is -0.410 e. The molecule has 0 aromatic heterocycles. The molecule has 4 heteroatoms. The Hall–Kier alpha value is -1.55. The maximum Gasteiger partial charge on any atom is 0.415 e. The number of ether oxygens (including phenoxy) is 1. The van der Waals surface area contributed by atoms with Crippen molar-refractivity contribution in [3.63, 3.8) is 0 Å². The van der Waals surface area contributed by atoms with E-state index in [-0.39, 0.29) is 6.04 Å². The first-order chi connectivity index (χ1) is 7.09. The lowest BCUT2D eigenvalue weighted by molar-refractivity contribution is 0.161. The number of likely N-dealkylation sites (N-methyl/N-ethyl adjacent to an activating group) is 1. The number of hydrogen-bond acceptors (Lipinski definition) is 3. The SMILES string of the molecule is CC(N)CN(C)C(=O)Oc1ccccc1. The molecule has 0 aliphatic carbocycles. The normalized spacial score (nSPS) is 11.9. The molecule has 0 aliphatic heterocycles. The zero-order valence-electron chi connectivity index (χ0n) is 9.01. The van der Waals surface area contributed by atoms with Gasteiger partial charge in [-0.25, -0.2) is 4.79 Å². The first-order valence-corrected chi connectivity index (χ1v) is 4.83. The summed E-state index contributed by atoms with van der Waals surface area (Å²) in [5.74, 6) is 0.541. The number of amides is 1. The minimum atomic E-state index is -0.390. The number of para-hydroxylation sites is 1. The van der Waals surface area contributed by atoms with Crippen molar-refractivity contribution in [3.8, 4) is 5.75 Å². The number of carbonyl (C=O) groups is 1. The van der Waals surface area contributed by atoms with Crippen LogP contribution in [0.4, 0.5) is 4.79 Å². The summed E-state index contributed by atoms with van der Waals surface area (Å²) >= 11 is 0. The van der Waals surface area contributed by atoms with Crippen molar-refractivity contribution < 1.29 is 9.53 Å². The standard InChI is InChI=1S/C11H16N2O2/c1-9(12)8-13(2)11(14)15-10-6-4-3-5-7-10/h3-7,9H,8,12H2,1-2H3. The molecule has 1 aromatic carbocycles. The average Bonchev–Trinajstić information content (AvgIpc) is 2.18. The first kappa shape index (κ1) is 11.5. The predicted octanol–water partition coefficient (Wildman–Crippen LogP) is 1.46. The third kappa shape index (κ3) is 3.99. The summed E-state index contributed by atoms with van der Waals surface area (Å²) in [5, 5.41) is 0. The Morgan fingerprint density at radius 1 is 1.47 bits per heavy atom. The molecule has 0 saturated heterocycles. The van der Waals surface area contributed by atoms with E-state index < -0.39 is 6.09 Å². The van der Waals surface area contributed by atoms with Gasteiger partial charge in [-0.1, -0.05) is 18.2 Å². The van der Waals surface area contributed by atoms with Gasteiger partial charge in [-0.3, -0.25) is 0 Å². The highest BCUT2D eigenvalue weighted by Crippen LogP contribution is 2.09. The van der Waals surface area contributed by atoms with Crippen LogP contribution in [0.3, 0.4) is 0 Å². The molecule has 15 heavy (non-hydrogen) atoms. The minimum absolute atomic E-state index is 0.0571. The molecular formula is C11H16N2O2. The molecule has 2 N–H and O–H groups in total. The van der Waals surface area contributed by atoms with Crippen LogP contribution in [0, 0.1) is 0 Å². The molecule has 1 rings (SSSR count). The van der Waals surface area contributed by atoms with Crippen LogP contribution in [0.2, 0.25) is 0 Å². The van der Waals surface area contributed by atoms with E-state index in [9.17, 15) is 4.79 Å². The summed E-state index contributed by atoms with van der Waals surface area (Å²) in [6.45, 7) is 2.32. The first-order valence-electron chi connectivity index (χ1n) is 4.83. The Balaban J connectivity index is 2.49. The van der Waals surface area contributed by atoms with Gasteiger partial charge in [0.2, 0.25) is 0 Å². The smallest absolute Gasteiger partial charge is 0.410 e. The Bertz CT molecular complexity index is 312. The van der Waals surface area contributed by atoms with Crippen LogP contribution in [-0.2, 0) is 0 Å². The lowest BCUT2D eigenvalue weighted by Gasteiger charge is -2.18. The van der Waals surface area contributed by atoms with Crippen molar-refractivity contribution in [2.24, 2.45) is 5.73 Å². The van der Waals surface area contributed by atoms with Crippen LogP contribution in [-0.4, -0.2) is 30.6 Å². The van der Waals surface area contributed by atoms with Crippen molar-refractivity contribution in [1.82, 2.24) is 4.90 Å². The Morgan fingerprint density at radius 2 is 2.07 bits per heavy atom. The predicted molar refractivity (Wildman–Crippen MR) is 58.7 cm³/mol. The second-order valence-corrected chi connectivity index (χ2v) is 3.54. The van der Waals surface area contributed by atoms with Gasteiger partial charge in [0, 0.05) is 19.6 Å². The largest absolute Gasteiger partial charge is 0.415 e. The molecule has 1 atom stereocenters. The Kier molecular flexibility index (Phi) is 4.12. The van der Waals surface area contributed by atoms with E-state index in [1.807, 2.05) is 25.1 Å². The zero-order chi connectivity index (χ0) is 11.3. The van der Waals surface area contributed by atoms with E-state index >= 15 is 0 Å². The molecule has 4 nitrogen and oxygen atoms in total. The summed E-state index contributed by atoms with van der Waals surface area (Å²) in [6, 6.07) is 8.90. The van der Waals surface area contributed by atoms with E-state index in [2.05, 4.69) is 0 Å². The van der Waals surface area contributed by atoms with Gasteiger partial charge < -0.3 is 15.4 Å². The summed E-state index contributed by atoms with van der Waals surface area (Å²) < 4.78 is 5.11. The lowest BCUT2D eigenvalue weighted by atomic mass is 10.3. The fraction of sp³-hybridized carbons (Fsp3) is 0.364. The number of carbonyl (C=O) groups excluding carboxylic acids is 1. The molecule has 1 aromatic rings. The molecule has 82 valence electrons. The van der Waals surface area contributed by atoms with Crippen LogP contribution in [0.25, 0.3) is 0 Å². The number of nitrogens with zero attached hydrogens (tertiary/aromatic N) is 1. The van der Waals surface area contributed by atoms with Crippen molar-refractivity contribution in [1.29, 1.82) is 0 Å². The van der Waals surface area contributed by atoms with Gasteiger partial charge in [-0.15, -0.1) is 0 Å². The van der Waals surface area contributed by atoms with Gasteiger partial charge in [0.05, 0.1) is 0 Å². The molecule has 1 amide bonds. The second-order valence-electron chi connectivity index (χ2n) is 3.54. The summed E-state index contributed by atoms with van der Waals surface area (Å²) in [4.78, 5) is 13.0. The van der Waals surface area contributed by atoms with Crippen molar-refractivity contribution >= 4 is 6.09 Å². The van der Waals surface area contributed by atoms with Crippen LogP contribution in [0.15, 0.2) is 30.3 Å². The molecule has 1 unspecified atom stereocenters. The average molecular weight is 208 g/mol. The third-order valence-corrected chi connectivity index (χ3v) is 1.82. The monoisotopic (exact) mass is 208 g/mol. The van der Waals surface area contributed by atoms with Crippen LogP contribution >= 0.6 is 0 Å². The molecule has 0 heterocycles. The number of rotatable bonds is 3. The summed E-state index contributed by atoms with van der Waals surface area (Å²) in [7, 11) is 1.66. The van der Waals surface area contributed by atoms with Gasteiger partial charge in [0.25, 0.3) is 0 Å². The Labute approximate surface area is 89.6 Å². The highest BCUT2D eigenvalue weighted by atomic mass is 16.6. The van der Waals surface area contributed by atoms with Gasteiger partial charge in [-0.05, 0) is 19.1 Å². The topological polar surface area (TPSA) is 55.6 Å². The number of hydrogen-bond donors (Lipinski definition) is 1. The van der Waals surface area contributed by atoms with Crippen LogP contribution in [0.1, 0.15) is 6.92 Å². The molecule has 0 fully saturated rings. The van der Waals surface area contributed by atoms with Gasteiger partial charge in [0.15, 0.2) is 0 Å². The third-order valence-electron chi connectivity index (χ3n) is 1.82. The Morgan fingerprint density at radius 3 is 2.60 bits per heavy atom. The molecule has 0 saturated carbocycles. The quantitative estimate of drug-likeness (QED) is 0.818. The van der Waals surface area contributed by atoms with Crippen LogP contribution < -0.4 is 10.5 Å². The fourth-order valence-corrected chi connectivity index (χ4v) is 1.17. The lowest BCUT2D eigenvalue weighted by Crippen LogP contribution is -2.38. The number of benzene rings is 1. The van der Waals surface area contributed by atoms with Gasteiger partial charge in [-0.2, -0.15) is 0 Å². The zero-order valence-corrected chi connectivity index (χ0v) is 9.01. The number of nitrogens with two attached hydrogens (primary N) is 1. The van der Waals surface area contributed by atoms with Crippen molar-refractivity contribution in [2.75, 3.05) is 13.6 Å². The maximum absolute atomic E-state index is 11.5.